The molecule has 0 bridgehead atoms. The van der Waals surface area contributed by atoms with Crippen molar-refractivity contribution in [1.29, 1.82) is 0 Å². The van der Waals surface area contributed by atoms with Gasteiger partial charge >= 0.3 is 0 Å². The summed E-state index contributed by atoms with van der Waals surface area (Å²) in [6.45, 7) is 5.81. The Hall–Kier alpha value is -3.25. The smallest absolute Gasteiger partial charge is 0.138 e. The second-order valence-corrected chi connectivity index (χ2v) is 8.65. The lowest BCUT2D eigenvalue weighted by Gasteiger charge is -2.51. The van der Waals surface area contributed by atoms with Gasteiger partial charge in [0.15, 0.2) is 0 Å². The molecule has 5 rings (SSSR count). The average Bonchev–Trinajstić information content (AvgIpc) is 2.87. The molecule has 2 aliphatic heterocycles. The van der Waals surface area contributed by atoms with Crippen LogP contribution in [-0.4, -0.2) is 63.4 Å². The Morgan fingerprint density at radius 1 is 0.788 bits per heavy atom. The van der Waals surface area contributed by atoms with E-state index in [0.717, 1.165) is 50.8 Å². The largest absolute Gasteiger partial charge is 0.497 e. The molecule has 3 aromatic rings. The SMILES string of the molecule is COc1ccc(N2C[C@@H](Oc3ccc(F)cc3)[C@H]2CN2CCN(c3ccccc3)CC2)cc1. The second kappa shape index (κ2) is 9.71. The van der Waals surface area contributed by atoms with E-state index < -0.39 is 0 Å². The molecule has 2 fully saturated rings. The van der Waals surface area contributed by atoms with Gasteiger partial charge in [-0.1, -0.05) is 18.2 Å². The summed E-state index contributed by atoms with van der Waals surface area (Å²) in [5, 5.41) is 0. The number of anilines is 2. The fourth-order valence-electron chi connectivity index (χ4n) is 4.70. The van der Waals surface area contributed by atoms with Gasteiger partial charge in [-0.05, 0) is 60.7 Å². The van der Waals surface area contributed by atoms with E-state index in [1.165, 1.54) is 23.5 Å². The zero-order chi connectivity index (χ0) is 22.6. The molecule has 2 atom stereocenters. The number of hydrogen-bond acceptors (Lipinski definition) is 5. The van der Waals surface area contributed by atoms with Crippen molar-refractivity contribution < 1.29 is 13.9 Å². The predicted octanol–water partition coefficient (Wildman–Crippen LogP) is 4.29. The van der Waals surface area contributed by atoms with Crippen LogP contribution >= 0.6 is 0 Å². The minimum absolute atomic E-state index is 0.0599. The van der Waals surface area contributed by atoms with Gasteiger partial charge in [0.05, 0.1) is 19.7 Å². The number of nitrogens with zero attached hydrogens (tertiary/aromatic N) is 3. The van der Waals surface area contributed by atoms with Gasteiger partial charge in [0.2, 0.25) is 0 Å². The molecule has 0 aromatic heterocycles. The molecule has 3 aromatic carbocycles. The Morgan fingerprint density at radius 3 is 2.12 bits per heavy atom. The first-order chi connectivity index (χ1) is 16.2. The highest BCUT2D eigenvalue weighted by molar-refractivity contribution is 5.53. The zero-order valence-electron chi connectivity index (χ0n) is 18.9. The van der Waals surface area contributed by atoms with Crippen molar-refractivity contribution in [2.75, 3.05) is 56.2 Å². The van der Waals surface area contributed by atoms with Gasteiger partial charge in [-0.25, -0.2) is 4.39 Å². The average molecular weight is 448 g/mol. The van der Waals surface area contributed by atoms with E-state index in [2.05, 4.69) is 57.2 Å². The Labute approximate surface area is 194 Å². The van der Waals surface area contributed by atoms with Crippen LogP contribution in [0.4, 0.5) is 15.8 Å². The molecule has 2 heterocycles. The molecular formula is C27H30FN3O2. The Morgan fingerprint density at radius 2 is 1.45 bits per heavy atom. The van der Waals surface area contributed by atoms with Crippen LogP contribution in [0.2, 0.25) is 0 Å². The number of methoxy groups -OCH3 is 1. The highest BCUT2D eigenvalue weighted by atomic mass is 19.1. The summed E-state index contributed by atoms with van der Waals surface area (Å²) in [6.07, 6.45) is 0.0599. The van der Waals surface area contributed by atoms with Gasteiger partial charge in [-0.3, -0.25) is 4.90 Å². The normalized spacial score (nSPS) is 20.9. The molecule has 2 saturated heterocycles. The fraction of sp³-hybridized carbons (Fsp3) is 0.333. The summed E-state index contributed by atoms with van der Waals surface area (Å²) in [5.74, 6) is 1.32. The maximum atomic E-state index is 13.3. The number of piperazine rings is 1. The molecule has 5 nitrogen and oxygen atoms in total. The molecule has 0 spiro atoms. The van der Waals surface area contributed by atoms with E-state index in [0.29, 0.717) is 0 Å². The molecule has 172 valence electrons. The number of hydrogen-bond donors (Lipinski definition) is 0. The molecule has 0 amide bonds. The lowest BCUT2D eigenvalue weighted by atomic mass is 9.96. The van der Waals surface area contributed by atoms with Crippen LogP contribution in [-0.2, 0) is 0 Å². The van der Waals surface area contributed by atoms with Crippen molar-refractivity contribution >= 4 is 11.4 Å². The number of rotatable bonds is 7. The van der Waals surface area contributed by atoms with Crippen LogP contribution in [0.15, 0.2) is 78.9 Å². The molecule has 0 unspecified atom stereocenters. The standard InChI is InChI=1S/C27H30FN3O2/c1-32-24-13-9-23(10-14-24)31-20-27(33-25-11-7-21(28)8-12-25)26(31)19-29-15-17-30(18-16-29)22-5-3-2-4-6-22/h2-14,26-27H,15-20H2,1H3/t26-,27-/m1/s1. The van der Waals surface area contributed by atoms with E-state index >= 15 is 0 Å². The van der Waals surface area contributed by atoms with E-state index in [-0.39, 0.29) is 18.0 Å². The van der Waals surface area contributed by atoms with Gasteiger partial charge in [0, 0.05) is 44.1 Å². The quantitative estimate of drug-likeness (QED) is 0.539. The molecule has 2 aliphatic rings. The van der Waals surface area contributed by atoms with E-state index in [1.807, 2.05) is 12.1 Å². The molecule has 33 heavy (non-hydrogen) atoms. The van der Waals surface area contributed by atoms with Gasteiger partial charge < -0.3 is 19.3 Å². The summed E-state index contributed by atoms with van der Waals surface area (Å²) in [4.78, 5) is 7.38. The first kappa shape index (κ1) is 21.6. The zero-order valence-corrected chi connectivity index (χ0v) is 18.9. The predicted molar refractivity (Wildman–Crippen MR) is 130 cm³/mol. The summed E-state index contributed by atoms with van der Waals surface area (Å²) in [7, 11) is 1.68. The van der Waals surface area contributed by atoms with Crippen molar-refractivity contribution in [3.05, 3.63) is 84.7 Å². The van der Waals surface area contributed by atoms with E-state index in [1.54, 1.807) is 19.2 Å². The van der Waals surface area contributed by atoms with Crippen molar-refractivity contribution in [2.24, 2.45) is 0 Å². The number of para-hydroxylation sites is 1. The Kier molecular flexibility index (Phi) is 6.35. The van der Waals surface area contributed by atoms with Crippen LogP contribution in [0.3, 0.4) is 0 Å². The van der Waals surface area contributed by atoms with Gasteiger partial charge in [0.25, 0.3) is 0 Å². The molecule has 0 aliphatic carbocycles. The van der Waals surface area contributed by atoms with Crippen LogP contribution in [0.25, 0.3) is 0 Å². The minimum Gasteiger partial charge on any atom is -0.497 e. The second-order valence-electron chi connectivity index (χ2n) is 8.65. The summed E-state index contributed by atoms with van der Waals surface area (Å²) >= 11 is 0. The van der Waals surface area contributed by atoms with Gasteiger partial charge in [-0.15, -0.1) is 0 Å². The first-order valence-electron chi connectivity index (χ1n) is 11.5. The highest BCUT2D eigenvalue weighted by Crippen LogP contribution is 2.32. The van der Waals surface area contributed by atoms with Crippen molar-refractivity contribution in [1.82, 2.24) is 4.90 Å². The molecule has 6 heteroatoms. The van der Waals surface area contributed by atoms with Crippen LogP contribution in [0.5, 0.6) is 11.5 Å². The lowest BCUT2D eigenvalue weighted by molar-refractivity contribution is 0.0862. The fourth-order valence-corrected chi connectivity index (χ4v) is 4.70. The lowest BCUT2D eigenvalue weighted by Crippen LogP contribution is -2.67. The molecule has 0 saturated carbocycles. The van der Waals surface area contributed by atoms with E-state index in [4.69, 9.17) is 9.47 Å². The van der Waals surface area contributed by atoms with Crippen LogP contribution in [0, 0.1) is 5.82 Å². The third kappa shape index (κ3) is 4.91. The topological polar surface area (TPSA) is 28.2 Å². The Bertz CT molecular complexity index is 1020. The van der Waals surface area contributed by atoms with Crippen molar-refractivity contribution in [3.8, 4) is 11.5 Å². The third-order valence-electron chi connectivity index (χ3n) is 6.65. The van der Waals surface area contributed by atoms with Gasteiger partial charge in [-0.2, -0.15) is 0 Å². The summed E-state index contributed by atoms with van der Waals surface area (Å²) in [6, 6.07) is 25.4. The highest BCUT2D eigenvalue weighted by Gasteiger charge is 2.42. The maximum Gasteiger partial charge on any atom is 0.138 e. The van der Waals surface area contributed by atoms with Crippen molar-refractivity contribution in [3.63, 3.8) is 0 Å². The molecular weight excluding hydrogens is 417 g/mol. The van der Waals surface area contributed by atoms with Crippen molar-refractivity contribution in [2.45, 2.75) is 12.1 Å². The Balaban J connectivity index is 1.26. The molecule has 0 N–H and O–H groups in total. The maximum absolute atomic E-state index is 13.3. The summed E-state index contributed by atoms with van der Waals surface area (Å²) < 4.78 is 24.9. The number of halogens is 1. The van der Waals surface area contributed by atoms with E-state index in [9.17, 15) is 4.39 Å². The number of benzene rings is 3. The van der Waals surface area contributed by atoms with Gasteiger partial charge in [0.1, 0.15) is 23.4 Å². The molecule has 0 radical (unpaired) electrons. The monoisotopic (exact) mass is 447 g/mol. The summed E-state index contributed by atoms with van der Waals surface area (Å²) in [5.41, 5.74) is 2.46. The van der Waals surface area contributed by atoms with Crippen LogP contribution in [0.1, 0.15) is 0 Å². The third-order valence-corrected chi connectivity index (χ3v) is 6.65. The minimum atomic E-state index is -0.247. The first-order valence-corrected chi connectivity index (χ1v) is 11.5. The van der Waals surface area contributed by atoms with Crippen LogP contribution < -0.4 is 19.3 Å². The number of ether oxygens (including phenoxy) is 2.